The minimum absolute atomic E-state index is 0.105. The molecule has 1 atom stereocenters. The maximum atomic E-state index is 13.4. The first-order valence-corrected chi connectivity index (χ1v) is 11.8. The van der Waals surface area contributed by atoms with Crippen molar-refractivity contribution in [1.29, 1.82) is 0 Å². The number of esters is 1. The molecule has 3 aromatic rings. The fraction of sp³-hybridized carbons (Fsp3) is 0.231. The number of hydrogen-bond donors (Lipinski definition) is 1. The zero-order chi connectivity index (χ0) is 26.9. The second-order valence-corrected chi connectivity index (χ2v) is 8.89. The smallest absolute Gasteiger partial charge is 0.350 e. The van der Waals surface area contributed by atoms with Gasteiger partial charge in [0, 0.05) is 5.56 Å². The predicted octanol–water partition coefficient (Wildman–Crippen LogP) is 3.89. The largest absolute Gasteiger partial charge is 0.507 e. The molecule has 1 aliphatic rings. The summed E-state index contributed by atoms with van der Waals surface area (Å²) in [4.78, 5) is 44.7. The zero-order valence-corrected chi connectivity index (χ0v) is 21.5. The first kappa shape index (κ1) is 25.7. The first-order chi connectivity index (χ1) is 17.7. The van der Waals surface area contributed by atoms with E-state index in [1.807, 2.05) is 0 Å². The van der Waals surface area contributed by atoms with Gasteiger partial charge in [-0.1, -0.05) is 17.4 Å². The molecule has 0 aliphatic carbocycles. The van der Waals surface area contributed by atoms with Gasteiger partial charge in [0.25, 0.3) is 5.78 Å². The lowest BCUT2D eigenvalue weighted by Gasteiger charge is -2.23. The Kier molecular flexibility index (Phi) is 7.16. The highest BCUT2D eigenvalue weighted by molar-refractivity contribution is 7.17. The number of hydrogen-bond acceptors (Lipinski definition) is 10. The van der Waals surface area contributed by atoms with Crippen molar-refractivity contribution in [3.05, 3.63) is 69.7 Å². The number of carbonyl (C=O) groups excluding carboxylic acids is 3. The minimum atomic E-state index is -1.07. The highest BCUT2D eigenvalue weighted by atomic mass is 32.1. The van der Waals surface area contributed by atoms with Gasteiger partial charge >= 0.3 is 11.9 Å². The Balaban J connectivity index is 1.95. The molecule has 2 aromatic carbocycles. The van der Waals surface area contributed by atoms with Gasteiger partial charge in [0.15, 0.2) is 16.6 Å². The molecule has 1 aliphatic heterocycles. The molecule has 0 saturated carbocycles. The molecule has 1 aromatic heterocycles. The molecule has 2 heterocycles. The number of rotatable bonds is 7. The minimum Gasteiger partial charge on any atom is -0.507 e. The lowest BCUT2D eigenvalue weighted by molar-refractivity contribution is -0.132. The van der Waals surface area contributed by atoms with Crippen molar-refractivity contribution in [1.82, 2.24) is 4.98 Å². The Hall–Kier alpha value is -4.38. The second-order valence-electron chi connectivity index (χ2n) is 7.91. The third kappa shape index (κ3) is 4.49. The standard InChI is InChI=1S/C26H24N2O8S/c1-13-23(25(32)36-5)37-26(27-13)28-20(15-8-11-17(34-3)18(12-15)35-4)19(22(30)24(28)31)21(29)14-6-9-16(33-2)10-7-14/h6-12,20,29H,1-5H3/b21-19+. The van der Waals surface area contributed by atoms with Gasteiger partial charge in [-0.2, -0.15) is 0 Å². The summed E-state index contributed by atoms with van der Waals surface area (Å²) in [7, 11) is 5.70. The number of ether oxygens (including phenoxy) is 4. The van der Waals surface area contributed by atoms with Gasteiger partial charge in [-0.05, 0) is 48.9 Å². The second kappa shape index (κ2) is 10.3. The van der Waals surface area contributed by atoms with E-state index in [1.165, 1.54) is 33.3 Å². The number of anilines is 1. The van der Waals surface area contributed by atoms with Gasteiger partial charge in [-0.3, -0.25) is 14.5 Å². The zero-order valence-electron chi connectivity index (χ0n) is 20.7. The van der Waals surface area contributed by atoms with Crippen LogP contribution in [0.15, 0.2) is 48.0 Å². The Morgan fingerprint density at radius 2 is 1.65 bits per heavy atom. The summed E-state index contributed by atoms with van der Waals surface area (Å²) in [5.74, 6) is -1.43. The van der Waals surface area contributed by atoms with Crippen LogP contribution in [0.2, 0.25) is 0 Å². The number of aromatic nitrogens is 1. The van der Waals surface area contributed by atoms with Crippen LogP contribution in [0.1, 0.15) is 32.5 Å². The number of carbonyl (C=O) groups is 3. The van der Waals surface area contributed by atoms with Crippen LogP contribution in [-0.4, -0.2) is 56.2 Å². The Bertz CT molecular complexity index is 1410. The number of thiazole rings is 1. The third-order valence-electron chi connectivity index (χ3n) is 5.89. The fourth-order valence-electron chi connectivity index (χ4n) is 4.04. The normalized spacial score (nSPS) is 16.6. The van der Waals surface area contributed by atoms with Crippen molar-refractivity contribution in [2.45, 2.75) is 13.0 Å². The van der Waals surface area contributed by atoms with Crippen molar-refractivity contribution in [3.63, 3.8) is 0 Å². The van der Waals surface area contributed by atoms with Gasteiger partial charge in [0.2, 0.25) is 0 Å². The van der Waals surface area contributed by atoms with E-state index in [1.54, 1.807) is 49.4 Å². The fourth-order valence-corrected chi connectivity index (χ4v) is 5.05. The Morgan fingerprint density at radius 1 is 0.973 bits per heavy atom. The molecule has 1 unspecified atom stereocenters. The van der Waals surface area contributed by atoms with E-state index in [0.29, 0.717) is 34.1 Å². The average Bonchev–Trinajstić information content (AvgIpc) is 3.43. The maximum absolute atomic E-state index is 13.4. The molecular formula is C26H24N2O8S. The average molecular weight is 525 g/mol. The SMILES string of the molecule is COC(=O)c1sc(N2C(=O)C(=O)/C(=C(/O)c3ccc(OC)cc3)C2c2ccc(OC)c(OC)c2)nc1C. The first-order valence-electron chi connectivity index (χ1n) is 11.0. The Labute approximate surface area is 216 Å². The van der Waals surface area contributed by atoms with Gasteiger partial charge in [0.05, 0.1) is 45.7 Å². The van der Waals surface area contributed by atoms with Gasteiger partial charge in [0.1, 0.15) is 16.4 Å². The molecule has 0 radical (unpaired) electrons. The van der Waals surface area contributed by atoms with E-state index < -0.39 is 23.7 Å². The number of amides is 1. The Morgan fingerprint density at radius 3 is 2.24 bits per heavy atom. The van der Waals surface area contributed by atoms with Crippen molar-refractivity contribution in [2.24, 2.45) is 0 Å². The molecule has 192 valence electrons. The van der Waals surface area contributed by atoms with E-state index >= 15 is 0 Å². The summed E-state index contributed by atoms with van der Waals surface area (Å²) in [6.07, 6.45) is 0. The van der Waals surface area contributed by atoms with E-state index in [0.717, 1.165) is 11.3 Å². The van der Waals surface area contributed by atoms with Gasteiger partial charge in [-0.25, -0.2) is 9.78 Å². The van der Waals surface area contributed by atoms with Crippen LogP contribution >= 0.6 is 11.3 Å². The molecular weight excluding hydrogens is 500 g/mol. The number of nitrogens with zero attached hydrogens (tertiary/aromatic N) is 2. The molecule has 10 nitrogen and oxygen atoms in total. The van der Waals surface area contributed by atoms with Crippen LogP contribution in [0, 0.1) is 6.92 Å². The lowest BCUT2D eigenvalue weighted by Crippen LogP contribution is -2.29. The van der Waals surface area contributed by atoms with Crippen LogP contribution in [0.25, 0.3) is 5.76 Å². The number of aryl methyl sites for hydroxylation is 1. The molecule has 37 heavy (non-hydrogen) atoms. The van der Waals surface area contributed by atoms with E-state index in [4.69, 9.17) is 18.9 Å². The summed E-state index contributed by atoms with van der Waals surface area (Å²) in [6, 6.07) is 10.3. The summed E-state index contributed by atoms with van der Waals surface area (Å²) in [6.45, 7) is 1.60. The van der Waals surface area contributed by atoms with E-state index in [2.05, 4.69) is 4.98 Å². The maximum Gasteiger partial charge on any atom is 0.350 e. The van der Waals surface area contributed by atoms with Crippen LogP contribution in [0.5, 0.6) is 17.2 Å². The number of benzene rings is 2. The van der Waals surface area contributed by atoms with Crippen LogP contribution in [-0.2, 0) is 14.3 Å². The summed E-state index contributed by atoms with van der Waals surface area (Å²) >= 11 is 0.916. The highest BCUT2D eigenvalue weighted by Crippen LogP contribution is 2.45. The molecule has 1 fully saturated rings. The number of aliphatic hydroxyl groups excluding tert-OH is 1. The number of aliphatic hydroxyl groups is 1. The van der Waals surface area contributed by atoms with E-state index in [-0.39, 0.29) is 21.3 Å². The monoisotopic (exact) mass is 524 g/mol. The predicted molar refractivity (Wildman–Crippen MR) is 136 cm³/mol. The number of methoxy groups -OCH3 is 4. The van der Waals surface area contributed by atoms with E-state index in [9.17, 15) is 19.5 Å². The van der Waals surface area contributed by atoms with Gasteiger partial charge in [-0.15, -0.1) is 0 Å². The number of Topliss-reactive ketones (excluding diaryl/α,β-unsaturated/α-hetero) is 1. The molecule has 1 amide bonds. The summed E-state index contributed by atoms with van der Waals surface area (Å²) in [5, 5.41) is 11.4. The summed E-state index contributed by atoms with van der Waals surface area (Å²) in [5.41, 5.74) is 0.971. The number of ketones is 1. The molecule has 4 rings (SSSR count). The molecule has 1 saturated heterocycles. The molecule has 0 bridgehead atoms. The van der Waals surface area contributed by atoms with Crippen LogP contribution in [0.3, 0.4) is 0 Å². The highest BCUT2D eigenvalue weighted by Gasteiger charge is 2.48. The van der Waals surface area contributed by atoms with Crippen LogP contribution in [0.4, 0.5) is 5.13 Å². The quantitative estimate of drug-likeness (QED) is 0.212. The van der Waals surface area contributed by atoms with Crippen LogP contribution < -0.4 is 19.1 Å². The summed E-state index contributed by atoms with van der Waals surface area (Å²) < 4.78 is 20.7. The van der Waals surface area contributed by atoms with Crippen molar-refractivity contribution in [3.8, 4) is 17.2 Å². The molecule has 11 heteroatoms. The molecule has 1 N–H and O–H groups in total. The van der Waals surface area contributed by atoms with Crippen molar-refractivity contribution in [2.75, 3.05) is 33.3 Å². The van der Waals surface area contributed by atoms with Gasteiger partial charge < -0.3 is 24.1 Å². The lowest BCUT2D eigenvalue weighted by atomic mass is 9.95. The topological polar surface area (TPSA) is 124 Å². The third-order valence-corrected chi connectivity index (χ3v) is 7.03. The molecule has 0 spiro atoms. The van der Waals surface area contributed by atoms with Crippen molar-refractivity contribution >= 4 is 39.9 Å². The van der Waals surface area contributed by atoms with Crippen molar-refractivity contribution < 1.29 is 38.4 Å².